The van der Waals surface area contributed by atoms with Gasteiger partial charge in [-0.05, 0) is 30.2 Å². The zero-order valence-corrected chi connectivity index (χ0v) is 13.7. The Morgan fingerprint density at radius 3 is 2.67 bits per heavy atom. The summed E-state index contributed by atoms with van der Waals surface area (Å²) in [5.74, 6) is 1.65. The van der Waals surface area contributed by atoms with E-state index in [4.69, 9.17) is 4.74 Å². The Morgan fingerprint density at radius 1 is 1.17 bits per heavy atom. The lowest BCUT2D eigenvalue weighted by atomic mass is 10.1. The Hall–Kier alpha value is -2.56. The summed E-state index contributed by atoms with van der Waals surface area (Å²) < 4.78 is 19.4. The first-order chi connectivity index (χ1) is 11.8. The van der Waals surface area contributed by atoms with Crippen molar-refractivity contribution in [1.82, 2.24) is 10.6 Å². The molecule has 5 heteroatoms. The number of rotatable bonds is 6. The van der Waals surface area contributed by atoms with Crippen LogP contribution in [0.5, 0.6) is 5.75 Å². The maximum absolute atomic E-state index is 13.8. The number of aliphatic imine (C=N–C) groups is 1. The molecule has 1 aliphatic carbocycles. The van der Waals surface area contributed by atoms with Gasteiger partial charge in [0.15, 0.2) is 5.96 Å². The lowest BCUT2D eigenvalue weighted by Gasteiger charge is -2.12. The quantitative estimate of drug-likeness (QED) is 0.487. The Balaban J connectivity index is 1.41. The Bertz CT molecular complexity index is 690. The standard InChI is InChI=1S/C19H22FN3O/c1-21-19(22-11-12-24-14-7-3-2-4-8-14)23-18-13-16(18)15-9-5-6-10-17(15)20/h2-10,16,18H,11-13H2,1H3,(H2,21,22,23). The second-order valence-corrected chi connectivity index (χ2v) is 5.78. The van der Waals surface area contributed by atoms with E-state index in [0.717, 1.165) is 23.7 Å². The molecule has 2 N–H and O–H groups in total. The van der Waals surface area contributed by atoms with Crippen molar-refractivity contribution in [3.63, 3.8) is 0 Å². The van der Waals surface area contributed by atoms with Gasteiger partial charge in [-0.2, -0.15) is 0 Å². The minimum atomic E-state index is -0.133. The molecule has 0 saturated heterocycles. The van der Waals surface area contributed by atoms with Gasteiger partial charge in [-0.1, -0.05) is 36.4 Å². The maximum atomic E-state index is 13.8. The molecule has 3 rings (SSSR count). The molecule has 2 unspecified atom stereocenters. The molecule has 4 nitrogen and oxygen atoms in total. The Labute approximate surface area is 141 Å². The molecular formula is C19H22FN3O. The van der Waals surface area contributed by atoms with Crippen LogP contribution in [0, 0.1) is 5.82 Å². The van der Waals surface area contributed by atoms with E-state index in [1.165, 1.54) is 6.07 Å². The third-order valence-electron chi connectivity index (χ3n) is 4.05. The van der Waals surface area contributed by atoms with Crippen LogP contribution in [0.3, 0.4) is 0 Å². The summed E-state index contributed by atoms with van der Waals surface area (Å²) in [4.78, 5) is 4.21. The van der Waals surface area contributed by atoms with Crippen LogP contribution in [-0.2, 0) is 0 Å². The van der Waals surface area contributed by atoms with Crippen LogP contribution in [0.2, 0.25) is 0 Å². The van der Waals surface area contributed by atoms with E-state index >= 15 is 0 Å². The van der Waals surface area contributed by atoms with Crippen LogP contribution < -0.4 is 15.4 Å². The molecule has 24 heavy (non-hydrogen) atoms. The lowest BCUT2D eigenvalue weighted by molar-refractivity contribution is 0.322. The van der Waals surface area contributed by atoms with E-state index in [1.807, 2.05) is 42.5 Å². The smallest absolute Gasteiger partial charge is 0.191 e. The predicted octanol–water partition coefficient (Wildman–Crippen LogP) is 2.93. The monoisotopic (exact) mass is 327 g/mol. The minimum absolute atomic E-state index is 0.133. The number of hydrogen-bond acceptors (Lipinski definition) is 2. The zero-order valence-electron chi connectivity index (χ0n) is 13.7. The van der Waals surface area contributed by atoms with Crippen LogP contribution in [0.1, 0.15) is 17.9 Å². The molecule has 0 bridgehead atoms. The van der Waals surface area contributed by atoms with Gasteiger partial charge in [-0.25, -0.2) is 4.39 Å². The fraction of sp³-hybridized carbons (Fsp3) is 0.316. The summed E-state index contributed by atoms with van der Waals surface area (Å²) in [6, 6.07) is 16.9. The summed E-state index contributed by atoms with van der Waals surface area (Å²) in [6.45, 7) is 1.19. The SMILES string of the molecule is CN=C(NCCOc1ccccc1)NC1CC1c1ccccc1F. The van der Waals surface area contributed by atoms with Gasteiger partial charge in [0, 0.05) is 19.0 Å². The van der Waals surface area contributed by atoms with Crippen molar-refractivity contribution >= 4 is 5.96 Å². The summed E-state index contributed by atoms with van der Waals surface area (Å²) in [7, 11) is 1.73. The molecule has 0 aromatic heterocycles. The highest BCUT2D eigenvalue weighted by Crippen LogP contribution is 2.41. The number of nitrogens with one attached hydrogen (secondary N) is 2. The second kappa shape index (κ2) is 7.81. The molecule has 1 aliphatic rings. The Kier molecular flexibility index (Phi) is 5.31. The van der Waals surface area contributed by atoms with Gasteiger partial charge in [0.05, 0.1) is 6.54 Å². The van der Waals surface area contributed by atoms with Crippen molar-refractivity contribution in [1.29, 1.82) is 0 Å². The van der Waals surface area contributed by atoms with Crippen LogP contribution in [0.4, 0.5) is 4.39 Å². The normalized spacial score (nSPS) is 19.7. The number of para-hydroxylation sites is 1. The molecule has 0 aliphatic heterocycles. The first kappa shape index (κ1) is 16.3. The van der Waals surface area contributed by atoms with Crippen LogP contribution >= 0.6 is 0 Å². The molecule has 0 amide bonds. The number of ether oxygens (including phenoxy) is 1. The van der Waals surface area contributed by atoms with Crippen molar-refractivity contribution in [2.75, 3.05) is 20.2 Å². The fourth-order valence-electron chi connectivity index (χ4n) is 2.70. The minimum Gasteiger partial charge on any atom is -0.492 e. The predicted molar refractivity (Wildman–Crippen MR) is 94.0 cm³/mol. The van der Waals surface area contributed by atoms with Gasteiger partial charge in [0.1, 0.15) is 18.2 Å². The lowest BCUT2D eigenvalue weighted by Crippen LogP contribution is -2.40. The van der Waals surface area contributed by atoms with E-state index in [9.17, 15) is 4.39 Å². The molecule has 126 valence electrons. The third kappa shape index (κ3) is 4.25. The maximum Gasteiger partial charge on any atom is 0.191 e. The molecule has 1 fully saturated rings. The van der Waals surface area contributed by atoms with Crippen molar-refractivity contribution in [2.24, 2.45) is 4.99 Å². The van der Waals surface area contributed by atoms with Gasteiger partial charge in [0.25, 0.3) is 0 Å². The molecule has 0 heterocycles. The fourth-order valence-corrected chi connectivity index (χ4v) is 2.70. The summed E-state index contributed by atoms with van der Waals surface area (Å²) in [5, 5.41) is 6.55. The van der Waals surface area contributed by atoms with Gasteiger partial charge >= 0.3 is 0 Å². The average molecular weight is 327 g/mol. The number of benzene rings is 2. The molecule has 2 atom stereocenters. The Morgan fingerprint density at radius 2 is 1.92 bits per heavy atom. The molecule has 2 aromatic rings. The summed E-state index contributed by atoms with van der Waals surface area (Å²) in [5.41, 5.74) is 0.776. The largest absolute Gasteiger partial charge is 0.492 e. The molecule has 0 radical (unpaired) electrons. The van der Waals surface area contributed by atoms with Crippen molar-refractivity contribution in [2.45, 2.75) is 18.4 Å². The molecule has 0 spiro atoms. The average Bonchev–Trinajstić information content (AvgIpc) is 3.38. The van der Waals surface area contributed by atoms with Crippen LogP contribution in [-0.4, -0.2) is 32.2 Å². The van der Waals surface area contributed by atoms with Gasteiger partial charge < -0.3 is 15.4 Å². The summed E-state index contributed by atoms with van der Waals surface area (Å²) in [6.07, 6.45) is 0.919. The first-order valence-electron chi connectivity index (χ1n) is 8.17. The highest BCUT2D eigenvalue weighted by molar-refractivity contribution is 5.80. The third-order valence-corrected chi connectivity index (χ3v) is 4.05. The van der Waals surface area contributed by atoms with Crippen LogP contribution in [0.15, 0.2) is 59.6 Å². The van der Waals surface area contributed by atoms with E-state index < -0.39 is 0 Å². The summed E-state index contributed by atoms with van der Waals surface area (Å²) >= 11 is 0. The van der Waals surface area contributed by atoms with E-state index in [-0.39, 0.29) is 17.8 Å². The molecular weight excluding hydrogens is 305 g/mol. The van der Waals surface area contributed by atoms with Gasteiger partial charge in [-0.3, -0.25) is 4.99 Å². The van der Waals surface area contributed by atoms with Crippen molar-refractivity contribution in [3.8, 4) is 5.75 Å². The topological polar surface area (TPSA) is 45.7 Å². The van der Waals surface area contributed by atoms with E-state index in [2.05, 4.69) is 15.6 Å². The molecule has 2 aromatic carbocycles. The number of hydrogen-bond donors (Lipinski definition) is 2. The number of nitrogens with zero attached hydrogens (tertiary/aromatic N) is 1. The number of guanidine groups is 1. The van der Waals surface area contributed by atoms with E-state index in [1.54, 1.807) is 13.1 Å². The van der Waals surface area contributed by atoms with Crippen molar-refractivity contribution < 1.29 is 9.13 Å². The highest BCUT2D eigenvalue weighted by Gasteiger charge is 2.40. The second-order valence-electron chi connectivity index (χ2n) is 5.78. The first-order valence-corrected chi connectivity index (χ1v) is 8.17. The van der Waals surface area contributed by atoms with Crippen molar-refractivity contribution in [3.05, 3.63) is 66.0 Å². The van der Waals surface area contributed by atoms with E-state index in [0.29, 0.717) is 13.2 Å². The number of halogens is 1. The zero-order chi connectivity index (χ0) is 16.8. The van der Waals surface area contributed by atoms with Crippen LogP contribution in [0.25, 0.3) is 0 Å². The van der Waals surface area contributed by atoms with Gasteiger partial charge in [-0.15, -0.1) is 0 Å². The van der Waals surface area contributed by atoms with Gasteiger partial charge in [0.2, 0.25) is 0 Å². The highest BCUT2D eigenvalue weighted by atomic mass is 19.1. The molecule has 1 saturated carbocycles.